The molecule has 33 heavy (non-hydrogen) atoms. The van der Waals surface area contributed by atoms with Gasteiger partial charge in [0.25, 0.3) is 0 Å². The number of fused-ring (bicyclic) bond motifs is 1. The predicted molar refractivity (Wildman–Crippen MR) is 129 cm³/mol. The van der Waals surface area contributed by atoms with Crippen molar-refractivity contribution in [3.63, 3.8) is 0 Å². The van der Waals surface area contributed by atoms with Crippen molar-refractivity contribution in [2.45, 2.75) is 77.1 Å². The van der Waals surface area contributed by atoms with Gasteiger partial charge in [-0.25, -0.2) is 4.79 Å². The van der Waals surface area contributed by atoms with Gasteiger partial charge in [-0.05, 0) is 63.1 Å². The zero-order valence-electron chi connectivity index (χ0n) is 20.6. The van der Waals surface area contributed by atoms with Gasteiger partial charge in [0.15, 0.2) is 0 Å². The number of methoxy groups -OCH3 is 1. The molecule has 3 N–H and O–H groups in total. The number of rotatable bonds is 8. The van der Waals surface area contributed by atoms with Crippen LogP contribution < -0.4 is 10.6 Å². The molecule has 1 aromatic rings. The zero-order chi connectivity index (χ0) is 24.0. The Bertz CT molecular complexity index is 790. The molecule has 1 saturated heterocycles. The van der Waals surface area contributed by atoms with E-state index < -0.39 is 6.10 Å². The van der Waals surface area contributed by atoms with Crippen LogP contribution in [0.3, 0.4) is 0 Å². The quantitative estimate of drug-likeness (QED) is 0.518. The molecule has 1 amide bonds. The Morgan fingerprint density at radius 1 is 1.15 bits per heavy atom. The number of esters is 1. The highest BCUT2D eigenvalue weighted by Crippen LogP contribution is 2.38. The Morgan fingerprint density at radius 3 is 2.45 bits per heavy atom. The van der Waals surface area contributed by atoms with Crippen molar-refractivity contribution < 1.29 is 19.4 Å². The molecule has 4 atom stereocenters. The highest BCUT2D eigenvalue weighted by atomic mass is 16.5. The Labute approximate surface area is 198 Å². The van der Waals surface area contributed by atoms with Gasteiger partial charge in [-0.15, -0.1) is 0 Å². The number of ether oxygens (including phenoxy) is 1. The molecule has 1 aliphatic carbocycles. The fraction of sp³-hybridized carbons (Fsp3) is 0.692. The molecule has 0 unspecified atom stereocenters. The maximum Gasteiger partial charge on any atom is 0.337 e. The molecule has 1 aromatic carbocycles. The number of nitrogens with zero attached hydrogens (tertiary/aromatic N) is 1. The van der Waals surface area contributed by atoms with E-state index in [0.29, 0.717) is 37.0 Å². The van der Waals surface area contributed by atoms with Gasteiger partial charge in [-0.2, -0.15) is 0 Å². The molecule has 2 aliphatic rings. The minimum absolute atomic E-state index is 0.0809. The van der Waals surface area contributed by atoms with Gasteiger partial charge in [0.1, 0.15) is 0 Å². The Balaban J connectivity index is 1.54. The number of carbonyl (C=O) groups excluding carboxylic acids is 2. The number of β-amino-alcohol motifs (C(OH)–C–C–N with tert-alkyl or cyclic N) is 1. The molecule has 1 saturated carbocycles. The first-order valence-electron chi connectivity index (χ1n) is 12.3. The average Bonchev–Trinajstić information content (AvgIpc) is 2.77. The van der Waals surface area contributed by atoms with E-state index >= 15 is 0 Å². The number of likely N-dealkylation sites (tertiary alicyclic amines) is 1. The van der Waals surface area contributed by atoms with E-state index in [4.69, 9.17) is 4.74 Å². The molecule has 7 nitrogen and oxygen atoms in total. The lowest BCUT2D eigenvalue weighted by Gasteiger charge is -2.46. The number of carbonyl (C=O) groups is 2. The number of benzene rings is 1. The monoisotopic (exact) mass is 459 g/mol. The van der Waals surface area contributed by atoms with Gasteiger partial charge < -0.3 is 20.5 Å². The topological polar surface area (TPSA) is 90.9 Å². The summed E-state index contributed by atoms with van der Waals surface area (Å²) in [6.45, 7) is 8.45. The minimum Gasteiger partial charge on any atom is -0.465 e. The molecular weight excluding hydrogens is 418 g/mol. The van der Waals surface area contributed by atoms with Crippen molar-refractivity contribution in [3.05, 3.63) is 35.4 Å². The lowest BCUT2D eigenvalue weighted by Crippen LogP contribution is -2.59. The van der Waals surface area contributed by atoms with E-state index in [-0.39, 0.29) is 23.5 Å². The van der Waals surface area contributed by atoms with Crippen molar-refractivity contribution in [1.82, 2.24) is 15.5 Å². The van der Waals surface area contributed by atoms with Crippen LogP contribution in [0.2, 0.25) is 0 Å². The fourth-order valence-corrected chi connectivity index (χ4v) is 5.22. The van der Waals surface area contributed by atoms with E-state index in [1.807, 2.05) is 32.9 Å². The van der Waals surface area contributed by atoms with Crippen LogP contribution in [0.1, 0.15) is 68.8 Å². The summed E-state index contributed by atoms with van der Waals surface area (Å²) in [7, 11) is 1.37. The molecule has 1 heterocycles. The first-order chi connectivity index (χ1) is 15.7. The van der Waals surface area contributed by atoms with E-state index in [9.17, 15) is 14.7 Å². The van der Waals surface area contributed by atoms with Crippen LogP contribution in [-0.4, -0.2) is 66.3 Å². The third kappa shape index (κ3) is 7.52. The number of amides is 1. The van der Waals surface area contributed by atoms with E-state index in [2.05, 4.69) is 15.5 Å². The summed E-state index contributed by atoms with van der Waals surface area (Å²) in [6.07, 6.45) is 5.30. The van der Waals surface area contributed by atoms with Crippen molar-refractivity contribution in [1.29, 1.82) is 0 Å². The Hall–Kier alpha value is -1.96. The van der Waals surface area contributed by atoms with Crippen molar-refractivity contribution in [3.8, 4) is 0 Å². The first-order valence-corrected chi connectivity index (χ1v) is 12.3. The van der Waals surface area contributed by atoms with Crippen LogP contribution in [0.15, 0.2) is 24.3 Å². The van der Waals surface area contributed by atoms with E-state index in [1.165, 1.54) is 32.8 Å². The number of aliphatic hydroxyl groups excluding tert-OH is 1. The fourth-order valence-electron chi connectivity index (χ4n) is 5.22. The molecule has 0 spiro atoms. The maximum absolute atomic E-state index is 13.1. The second kappa shape index (κ2) is 11.4. The van der Waals surface area contributed by atoms with E-state index in [0.717, 1.165) is 18.5 Å². The van der Waals surface area contributed by atoms with Crippen LogP contribution in [0.5, 0.6) is 0 Å². The third-order valence-electron chi connectivity index (χ3n) is 6.83. The van der Waals surface area contributed by atoms with Gasteiger partial charge in [0.2, 0.25) is 5.91 Å². The zero-order valence-corrected chi connectivity index (χ0v) is 20.6. The third-order valence-corrected chi connectivity index (χ3v) is 6.83. The Kier molecular flexibility index (Phi) is 8.90. The molecule has 0 bridgehead atoms. The summed E-state index contributed by atoms with van der Waals surface area (Å²) in [5.41, 5.74) is 1.28. The number of piperidine rings is 1. The minimum atomic E-state index is -0.565. The number of aliphatic hydroxyl groups is 1. The van der Waals surface area contributed by atoms with Crippen LogP contribution in [-0.2, 0) is 16.1 Å². The number of hydrogen-bond donors (Lipinski definition) is 3. The molecule has 2 fully saturated rings. The summed E-state index contributed by atoms with van der Waals surface area (Å²) < 4.78 is 4.73. The van der Waals surface area contributed by atoms with Gasteiger partial charge in [-0.1, -0.05) is 31.4 Å². The molecule has 184 valence electrons. The number of hydrogen-bond acceptors (Lipinski definition) is 6. The maximum atomic E-state index is 13.1. The largest absolute Gasteiger partial charge is 0.465 e. The highest BCUT2D eigenvalue weighted by Gasteiger charge is 2.40. The lowest BCUT2D eigenvalue weighted by atomic mass is 9.72. The molecule has 0 aromatic heterocycles. The van der Waals surface area contributed by atoms with Gasteiger partial charge in [-0.3, -0.25) is 9.69 Å². The van der Waals surface area contributed by atoms with Crippen molar-refractivity contribution in [2.75, 3.05) is 26.7 Å². The Morgan fingerprint density at radius 2 is 1.82 bits per heavy atom. The molecular formula is C26H41N3O4. The summed E-state index contributed by atoms with van der Waals surface area (Å²) in [6, 6.07) is 7.07. The second-order valence-corrected chi connectivity index (χ2v) is 10.7. The van der Waals surface area contributed by atoms with Gasteiger partial charge in [0, 0.05) is 31.7 Å². The lowest BCUT2D eigenvalue weighted by molar-refractivity contribution is -0.132. The van der Waals surface area contributed by atoms with Crippen LogP contribution >= 0.6 is 0 Å². The van der Waals surface area contributed by atoms with Gasteiger partial charge >= 0.3 is 5.97 Å². The highest BCUT2D eigenvalue weighted by molar-refractivity contribution is 5.89. The normalized spacial score (nSPS) is 24.6. The van der Waals surface area contributed by atoms with Gasteiger partial charge in [0.05, 0.1) is 24.8 Å². The van der Waals surface area contributed by atoms with Crippen LogP contribution in [0, 0.1) is 11.8 Å². The van der Waals surface area contributed by atoms with Crippen molar-refractivity contribution in [2.24, 2.45) is 11.8 Å². The van der Waals surface area contributed by atoms with Crippen molar-refractivity contribution >= 4 is 11.9 Å². The SMILES string of the molecule is COC(=O)c1ccc(CNC[C@@H](O)CN2C[C@H]3CCCC[C@H]3C[C@H]2C(=O)NC(C)(C)C)cc1. The van der Waals surface area contributed by atoms with Crippen LogP contribution in [0.25, 0.3) is 0 Å². The molecule has 3 rings (SSSR count). The summed E-state index contributed by atoms with van der Waals surface area (Å²) >= 11 is 0. The predicted octanol–water partition coefficient (Wildman–Crippen LogP) is 2.72. The molecule has 0 radical (unpaired) electrons. The smallest absolute Gasteiger partial charge is 0.337 e. The standard InChI is InChI=1S/C26H41N3O4/c1-26(2,3)28-24(31)23-13-20-7-5-6-8-21(20)16-29(23)17-22(30)15-27-14-18-9-11-19(12-10-18)25(32)33-4/h9-12,20-23,27,30H,5-8,13-17H2,1-4H3,(H,28,31)/t20-,21+,22+,23-/m0/s1. The number of nitrogens with one attached hydrogen (secondary N) is 2. The average molecular weight is 460 g/mol. The van der Waals surface area contributed by atoms with E-state index in [1.54, 1.807) is 12.1 Å². The molecule has 7 heteroatoms. The second-order valence-electron chi connectivity index (χ2n) is 10.7. The summed E-state index contributed by atoms with van der Waals surface area (Å²) in [4.78, 5) is 26.9. The summed E-state index contributed by atoms with van der Waals surface area (Å²) in [5, 5.41) is 17.2. The van der Waals surface area contributed by atoms with Crippen LogP contribution in [0.4, 0.5) is 0 Å². The molecule has 1 aliphatic heterocycles. The summed E-state index contributed by atoms with van der Waals surface area (Å²) in [5.74, 6) is 0.981. The first kappa shape index (κ1) is 25.7.